The fourth-order valence-electron chi connectivity index (χ4n) is 7.03. The Hall–Kier alpha value is -5.54. The van der Waals surface area contributed by atoms with Crippen LogP contribution in [0.2, 0.25) is 0 Å². The summed E-state index contributed by atoms with van der Waals surface area (Å²) in [4.78, 5) is 61.3. The van der Waals surface area contributed by atoms with Gasteiger partial charge in [-0.1, -0.05) is 45.0 Å². The number of urea groups is 1. The van der Waals surface area contributed by atoms with Crippen molar-refractivity contribution in [3.05, 3.63) is 82.5 Å². The average molecular weight is 782 g/mol. The van der Waals surface area contributed by atoms with Crippen LogP contribution in [0.3, 0.4) is 0 Å². The molecule has 294 valence electrons. The molecule has 5 N–H and O–H groups in total. The van der Waals surface area contributed by atoms with E-state index in [0.29, 0.717) is 33.8 Å². The minimum Gasteiger partial charge on any atom is -0.391 e. The quantitative estimate of drug-likeness (QED) is 0.105. The van der Waals surface area contributed by atoms with Crippen molar-refractivity contribution in [3.8, 4) is 21.6 Å². The van der Waals surface area contributed by atoms with Gasteiger partial charge in [-0.3, -0.25) is 9.59 Å². The molecular formula is C41H48FN9O4S. The maximum atomic E-state index is 15.3. The number of fused-ring (bicyclic) bond motifs is 1. The molecule has 5 aromatic rings. The smallest absolute Gasteiger partial charge is 0.319 e. The summed E-state index contributed by atoms with van der Waals surface area (Å²) >= 11 is 1.57. The van der Waals surface area contributed by atoms with Crippen molar-refractivity contribution in [1.82, 2.24) is 35.5 Å². The molecule has 0 radical (unpaired) electrons. The lowest BCUT2D eigenvalue weighted by atomic mass is 9.79. The first-order valence-corrected chi connectivity index (χ1v) is 19.4. The summed E-state index contributed by atoms with van der Waals surface area (Å²) in [6.07, 6.45) is 0.859. The number of nitrogens with zero attached hydrogens (tertiary/aromatic N) is 5. The number of carbonyl (C=O) groups is 3. The molecule has 4 atom stereocenters. The van der Waals surface area contributed by atoms with Gasteiger partial charge < -0.3 is 31.3 Å². The summed E-state index contributed by atoms with van der Waals surface area (Å²) < 4.78 is 15.3. The van der Waals surface area contributed by atoms with E-state index < -0.39 is 35.3 Å². The van der Waals surface area contributed by atoms with E-state index in [9.17, 15) is 19.5 Å². The third kappa shape index (κ3) is 8.63. The molecule has 13 nitrogen and oxygen atoms in total. The number of β-amino-alcohol motifs (C(OH)–C–C–N with tert-alkyl or cyclic N) is 1. The van der Waals surface area contributed by atoms with Gasteiger partial charge in [0.2, 0.25) is 17.8 Å². The number of aliphatic hydroxyl groups excluding tert-OH is 1. The molecule has 1 saturated heterocycles. The van der Waals surface area contributed by atoms with Crippen LogP contribution in [0.15, 0.2) is 54.2 Å². The molecule has 0 aliphatic carbocycles. The zero-order chi connectivity index (χ0) is 40.5. The van der Waals surface area contributed by atoms with Gasteiger partial charge in [0.1, 0.15) is 11.9 Å². The van der Waals surface area contributed by atoms with Gasteiger partial charge in [0.25, 0.3) is 0 Å². The summed E-state index contributed by atoms with van der Waals surface area (Å²) in [7, 11) is 1.72. The SMILES string of the molecule is CNc1ncc2cc(-c3cc(NC(=O)NC[C@@H](C(=O)N4C[C@H](O)C[C@H]4C(=O)N[C@@H](C)c4ccc(-c5scnc5C)cc4)C(C)(C)C)c(F)cc3C)c(C)nc2n1. The zero-order valence-electron chi connectivity index (χ0n) is 32.8. The van der Waals surface area contributed by atoms with Crippen LogP contribution in [0.5, 0.6) is 0 Å². The van der Waals surface area contributed by atoms with Crippen LogP contribution in [0, 0.1) is 37.9 Å². The molecule has 1 fully saturated rings. The zero-order valence-corrected chi connectivity index (χ0v) is 33.6. The van der Waals surface area contributed by atoms with E-state index in [1.54, 1.807) is 37.6 Å². The molecule has 1 aliphatic rings. The first kappa shape index (κ1) is 40.1. The van der Waals surface area contributed by atoms with Crippen molar-refractivity contribution >= 4 is 51.9 Å². The number of hydrogen-bond donors (Lipinski definition) is 5. The van der Waals surface area contributed by atoms with E-state index in [1.807, 2.05) is 77.4 Å². The Balaban J connectivity index is 1.13. The highest BCUT2D eigenvalue weighted by Crippen LogP contribution is 2.34. The number of hydrogen-bond acceptors (Lipinski definition) is 10. The van der Waals surface area contributed by atoms with E-state index in [1.165, 1.54) is 11.0 Å². The second-order valence-corrected chi connectivity index (χ2v) is 16.2. The summed E-state index contributed by atoms with van der Waals surface area (Å²) in [5.74, 6) is -1.71. The van der Waals surface area contributed by atoms with Crippen LogP contribution in [0.4, 0.5) is 20.8 Å². The van der Waals surface area contributed by atoms with E-state index in [2.05, 4.69) is 41.2 Å². The minimum absolute atomic E-state index is 0.0177. The summed E-state index contributed by atoms with van der Waals surface area (Å²) in [6, 6.07) is 10.7. The number of halogens is 1. The molecular weight excluding hydrogens is 734 g/mol. The van der Waals surface area contributed by atoms with Gasteiger partial charge in [-0.25, -0.2) is 24.1 Å². The highest BCUT2D eigenvalue weighted by molar-refractivity contribution is 7.13. The Kier molecular flexibility index (Phi) is 11.7. The maximum absolute atomic E-state index is 15.3. The third-order valence-electron chi connectivity index (χ3n) is 10.3. The molecule has 56 heavy (non-hydrogen) atoms. The molecule has 6 rings (SSSR count). The Morgan fingerprint density at radius 3 is 2.41 bits per heavy atom. The molecule has 4 heterocycles. The number of aliphatic hydroxyl groups is 1. The van der Waals surface area contributed by atoms with E-state index in [4.69, 9.17) is 0 Å². The molecule has 2 aromatic carbocycles. The molecule has 0 saturated carbocycles. The molecule has 0 spiro atoms. The van der Waals surface area contributed by atoms with Crippen molar-refractivity contribution in [1.29, 1.82) is 0 Å². The fourth-order valence-corrected chi connectivity index (χ4v) is 7.84. The number of nitrogens with one attached hydrogen (secondary N) is 4. The van der Waals surface area contributed by atoms with Crippen molar-refractivity contribution in [3.63, 3.8) is 0 Å². The number of benzene rings is 2. The summed E-state index contributed by atoms with van der Waals surface area (Å²) in [5, 5.41) is 22.6. The first-order chi connectivity index (χ1) is 26.5. The minimum atomic E-state index is -0.900. The molecule has 3 aromatic heterocycles. The molecule has 0 bridgehead atoms. The number of pyridine rings is 1. The van der Waals surface area contributed by atoms with Crippen molar-refractivity contribution in [2.75, 3.05) is 30.8 Å². The lowest BCUT2D eigenvalue weighted by Gasteiger charge is -2.35. The number of thiazole rings is 1. The number of aryl methyl sites for hydroxylation is 3. The van der Waals surface area contributed by atoms with Crippen LogP contribution in [-0.2, 0) is 9.59 Å². The number of likely N-dealkylation sites (tertiary alicyclic amines) is 1. The van der Waals surface area contributed by atoms with Crippen LogP contribution in [0.1, 0.15) is 62.7 Å². The highest BCUT2D eigenvalue weighted by atomic mass is 32.1. The lowest BCUT2D eigenvalue weighted by molar-refractivity contribution is -0.144. The fraction of sp³-hybridized carbons (Fsp3) is 0.390. The number of aromatic nitrogens is 4. The Bertz CT molecular complexity index is 2270. The number of rotatable bonds is 10. The largest absolute Gasteiger partial charge is 0.391 e. The second kappa shape index (κ2) is 16.3. The van der Waals surface area contributed by atoms with Gasteiger partial charge >= 0.3 is 6.03 Å². The van der Waals surface area contributed by atoms with Crippen LogP contribution >= 0.6 is 11.3 Å². The molecule has 1 aliphatic heterocycles. The van der Waals surface area contributed by atoms with E-state index in [-0.39, 0.29) is 43.1 Å². The van der Waals surface area contributed by atoms with Crippen LogP contribution in [-0.4, -0.2) is 80.1 Å². The lowest BCUT2D eigenvalue weighted by Crippen LogP contribution is -2.52. The maximum Gasteiger partial charge on any atom is 0.319 e. The normalized spacial score (nSPS) is 16.7. The van der Waals surface area contributed by atoms with Gasteiger partial charge in [-0.05, 0) is 73.6 Å². The molecule has 15 heteroatoms. The van der Waals surface area contributed by atoms with Crippen molar-refractivity contribution in [2.24, 2.45) is 11.3 Å². The van der Waals surface area contributed by atoms with Crippen LogP contribution < -0.4 is 21.3 Å². The number of carbonyl (C=O) groups excluding carboxylic acids is 3. The molecule has 0 unspecified atom stereocenters. The van der Waals surface area contributed by atoms with E-state index >= 15 is 4.39 Å². The topological polar surface area (TPSA) is 174 Å². The van der Waals surface area contributed by atoms with Crippen molar-refractivity contribution in [2.45, 2.75) is 73.1 Å². The highest BCUT2D eigenvalue weighted by Gasteiger charge is 2.44. The molecule has 4 amide bonds. The predicted octanol–water partition coefficient (Wildman–Crippen LogP) is 6.54. The standard InChI is InChI=1S/C41H48FN9O4S/c1-21-13-32(42)33(16-29(21)30-14-27-17-44-39(43-8)50-36(27)47-23(30)3)49-40(55)45-18-31(41(5,6)7)38(54)51-19-28(52)15-34(51)37(53)48-22(2)25-9-11-26(12-10-25)35-24(4)46-20-56-35/h9-14,16-17,20,22,28,31,34,52H,15,18-19H2,1-8H3,(H,48,53)(H2,45,49,55)(H,43,44,47,50)/t22-,28+,31-,34-/m0/s1. The Morgan fingerprint density at radius 2 is 1.75 bits per heavy atom. The van der Waals surface area contributed by atoms with Gasteiger partial charge in [0.15, 0.2) is 5.65 Å². The number of anilines is 2. The van der Waals surface area contributed by atoms with Gasteiger partial charge in [0.05, 0.1) is 39.8 Å². The van der Waals surface area contributed by atoms with Crippen LogP contribution in [0.25, 0.3) is 32.6 Å². The van der Waals surface area contributed by atoms with Gasteiger partial charge in [0, 0.05) is 49.4 Å². The Labute approximate surface area is 329 Å². The third-order valence-corrected chi connectivity index (χ3v) is 11.3. The number of amides is 4. The predicted molar refractivity (Wildman–Crippen MR) is 217 cm³/mol. The summed E-state index contributed by atoms with van der Waals surface area (Å²) in [5.41, 5.74) is 7.23. The summed E-state index contributed by atoms with van der Waals surface area (Å²) in [6.45, 7) is 12.9. The van der Waals surface area contributed by atoms with E-state index in [0.717, 1.165) is 27.3 Å². The Morgan fingerprint density at radius 1 is 1.02 bits per heavy atom. The second-order valence-electron chi connectivity index (χ2n) is 15.4. The average Bonchev–Trinajstić information content (AvgIpc) is 3.77. The van der Waals surface area contributed by atoms with Gasteiger partial charge in [-0.15, -0.1) is 11.3 Å². The first-order valence-electron chi connectivity index (χ1n) is 18.5. The monoisotopic (exact) mass is 781 g/mol. The van der Waals surface area contributed by atoms with Gasteiger partial charge in [-0.2, -0.15) is 4.98 Å². The van der Waals surface area contributed by atoms with Crippen molar-refractivity contribution < 1.29 is 23.9 Å².